The molecule has 0 saturated carbocycles. The Hall–Kier alpha value is -0.680. The average Bonchev–Trinajstić information content (AvgIpc) is 2.64. The molecule has 1 atom stereocenters. The predicted molar refractivity (Wildman–Crippen MR) is 81.5 cm³/mol. The smallest absolute Gasteiger partial charge is 0.179 e. The molecule has 1 N–H and O–H groups in total. The molecule has 5 heteroatoms. The van der Waals surface area contributed by atoms with Crippen LogP contribution in [-0.4, -0.2) is 14.5 Å². The SMILES string of the molecule is CCCCCC(C)n1c(=S)[nH]c2cc(Br)cnc21. The molecule has 3 nitrogen and oxygen atoms in total. The number of pyridine rings is 1. The molecule has 0 aliphatic heterocycles. The molecule has 2 aromatic rings. The number of unbranched alkanes of at least 4 members (excludes halogenated alkanes) is 2. The minimum Gasteiger partial charge on any atom is -0.329 e. The Kier molecular flexibility index (Phi) is 4.56. The molecule has 2 heterocycles. The van der Waals surface area contributed by atoms with E-state index in [4.69, 9.17) is 12.2 Å². The van der Waals surface area contributed by atoms with Gasteiger partial charge in [-0.1, -0.05) is 26.2 Å². The van der Waals surface area contributed by atoms with Gasteiger partial charge in [-0.2, -0.15) is 0 Å². The van der Waals surface area contributed by atoms with Crippen molar-refractivity contribution in [2.24, 2.45) is 0 Å². The van der Waals surface area contributed by atoms with Crippen molar-refractivity contribution in [1.82, 2.24) is 14.5 Å². The number of hydrogen-bond acceptors (Lipinski definition) is 2. The first-order valence-electron chi connectivity index (χ1n) is 6.39. The van der Waals surface area contributed by atoms with Crippen LogP contribution < -0.4 is 0 Å². The van der Waals surface area contributed by atoms with Gasteiger partial charge >= 0.3 is 0 Å². The lowest BCUT2D eigenvalue weighted by atomic mass is 10.1. The van der Waals surface area contributed by atoms with Crippen molar-refractivity contribution in [3.63, 3.8) is 0 Å². The van der Waals surface area contributed by atoms with Crippen LogP contribution in [0.5, 0.6) is 0 Å². The van der Waals surface area contributed by atoms with E-state index in [1.165, 1.54) is 19.3 Å². The molecule has 18 heavy (non-hydrogen) atoms. The van der Waals surface area contributed by atoms with E-state index < -0.39 is 0 Å². The molecule has 2 aromatic heterocycles. The van der Waals surface area contributed by atoms with E-state index in [2.05, 4.69) is 44.3 Å². The van der Waals surface area contributed by atoms with Crippen LogP contribution in [0.15, 0.2) is 16.7 Å². The highest BCUT2D eigenvalue weighted by atomic mass is 79.9. The van der Waals surface area contributed by atoms with Gasteiger partial charge in [0.15, 0.2) is 10.4 Å². The summed E-state index contributed by atoms with van der Waals surface area (Å²) in [5.41, 5.74) is 1.95. The number of aromatic amines is 1. The molecule has 1 unspecified atom stereocenters. The molecule has 98 valence electrons. The zero-order valence-electron chi connectivity index (χ0n) is 10.7. The second-order valence-corrected chi connectivity index (χ2v) is 5.97. The highest BCUT2D eigenvalue weighted by molar-refractivity contribution is 9.10. The summed E-state index contributed by atoms with van der Waals surface area (Å²) in [4.78, 5) is 7.69. The van der Waals surface area contributed by atoms with E-state index in [9.17, 15) is 0 Å². The van der Waals surface area contributed by atoms with Crippen LogP contribution in [0.3, 0.4) is 0 Å². The number of fused-ring (bicyclic) bond motifs is 1. The van der Waals surface area contributed by atoms with Crippen molar-refractivity contribution in [2.45, 2.75) is 45.6 Å². The molecule has 0 amide bonds. The van der Waals surface area contributed by atoms with Gasteiger partial charge in [0.2, 0.25) is 0 Å². The van der Waals surface area contributed by atoms with Gasteiger partial charge in [0.25, 0.3) is 0 Å². The fourth-order valence-corrected chi connectivity index (χ4v) is 2.92. The number of aromatic nitrogens is 3. The van der Waals surface area contributed by atoms with Crippen molar-refractivity contribution in [2.75, 3.05) is 0 Å². The number of rotatable bonds is 5. The average molecular weight is 328 g/mol. The lowest BCUT2D eigenvalue weighted by Gasteiger charge is -2.13. The molecule has 0 saturated heterocycles. The zero-order chi connectivity index (χ0) is 13.1. The van der Waals surface area contributed by atoms with E-state index >= 15 is 0 Å². The van der Waals surface area contributed by atoms with Crippen LogP contribution in [0.1, 0.15) is 45.6 Å². The number of halogens is 1. The normalized spacial score (nSPS) is 13.1. The first-order valence-corrected chi connectivity index (χ1v) is 7.59. The van der Waals surface area contributed by atoms with Gasteiger partial charge in [-0.05, 0) is 47.6 Å². The third kappa shape index (κ3) is 2.83. The molecule has 0 aliphatic rings. The Morgan fingerprint density at radius 1 is 1.50 bits per heavy atom. The molecule has 0 bridgehead atoms. The summed E-state index contributed by atoms with van der Waals surface area (Å²) in [6, 6.07) is 2.42. The van der Waals surface area contributed by atoms with Gasteiger partial charge in [0.1, 0.15) is 0 Å². The fourth-order valence-electron chi connectivity index (χ4n) is 2.22. The maximum absolute atomic E-state index is 5.40. The summed E-state index contributed by atoms with van der Waals surface area (Å²) in [6.07, 6.45) is 6.73. The third-order valence-corrected chi connectivity index (χ3v) is 3.92. The lowest BCUT2D eigenvalue weighted by molar-refractivity contribution is 0.481. The second-order valence-electron chi connectivity index (χ2n) is 4.67. The Balaban J connectivity index is 2.32. The summed E-state index contributed by atoms with van der Waals surface area (Å²) in [7, 11) is 0. The van der Waals surface area contributed by atoms with Crippen LogP contribution >= 0.6 is 28.1 Å². The van der Waals surface area contributed by atoms with Crippen LogP contribution in [-0.2, 0) is 0 Å². The summed E-state index contributed by atoms with van der Waals surface area (Å²) in [5.74, 6) is 0. The van der Waals surface area contributed by atoms with Crippen molar-refractivity contribution in [1.29, 1.82) is 0 Å². The number of hydrogen-bond donors (Lipinski definition) is 1. The van der Waals surface area contributed by atoms with E-state index in [0.717, 1.165) is 26.8 Å². The predicted octanol–water partition coefficient (Wildman–Crippen LogP) is 5.00. The van der Waals surface area contributed by atoms with Crippen LogP contribution in [0.2, 0.25) is 0 Å². The zero-order valence-corrected chi connectivity index (χ0v) is 13.1. The Morgan fingerprint density at radius 2 is 2.28 bits per heavy atom. The number of imidazole rings is 1. The summed E-state index contributed by atoms with van der Waals surface area (Å²) in [5, 5.41) is 0. The Morgan fingerprint density at radius 3 is 3.00 bits per heavy atom. The first-order chi connectivity index (χ1) is 8.63. The van der Waals surface area contributed by atoms with Crippen molar-refractivity contribution >= 4 is 39.3 Å². The Bertz CT molecular complexity index is 587. The fraction of sp³-hybridized carbons (Fsp3) is 0.538. The lowest BCUT2D eigenvalue weighted by Crippen LogP contribution is -2.06. The molecule has 0 radical (unpaired) electrons. The van der Waals surface area contributed by atoms with Crippen LogP contribution in [0, 0.1) is 4.77 Å². The van der Waals surface area contributed by atoms with E-state index in [1.807, 2.05) is 12.3 Å². The Labute approximate surface area is 121 Å². The van der Waals surface area contributed by atoms with Gasteiger partial charge in [-0.25, -0.2) is 4.98 Å². The maximum Gasteiger partial charge on any atom is 0.179 e. The standard InChI is InChI=1S/C13H18BrN3S/c1-3-4-5-6-9(2)17-12-11(16-13(17)18)7-10(14)8-15-12/h7-9H,3-6H2,1-2H3,(H,16,18). The maximum atomic E-state index is 5.40. The van der Waals surface area contributed by atoms with Crippen molar-refractivity contribution in [3.8, 4) is 0 Å². The van der Waals surface area contributed by atoms with Crippen LogP contribution in [0.4, 0.5) is 0 Å². The molecule has 0 aliphatic carbocycles. The molecule has 0 aromatic carbocycles. The summed E-state index contributed by atoms with van der Waals surface area (Å²) in [6.45, 7) is 4.43. The molecule has 2 rings (SSSR count). The topological polar surface area (TPSA) is 33.6 Å². The number of nitrogens with one attached hydrogen (secondary N) is 1. The van der Waals surface area contributed by atoms with Gasteiger partial charge in [0.05, 0.1) is 5.52 Å². The molecule has 0 spiro atoms. The van der Waals surface area contributed by atoms with E-state index in [1.54, 1.807) is 0 Å². The van der Waals surface area contributed by atoms with E-state index in [0.29, 0.717) is 6.04 Å². The monoisotopic (exact) mass is 327 g/mol. The van der Waals surface area contributed by atoms with Gasteiger partial charge in [0, 0.05) is 16.7 Å². The highest BCUT2D eigenvalue weighted by Crippen LogP contribution is 2.23. The summed E-state index contributed by atoms with van der Waals surface area (Å²) < 4.78 is 3.86. The molecular weight excluding hydrogens is 310 g/mol. The number of nitrogens with zero attached hydrogens (tertiary/aromatic N) is 2. The minimum atomic E-state index is 0.395. The van der Waals surface area contributed by atoms with E-state index in [-0.39, 0.29) is 0 Å². The summed E-state index contributed by atoms with van der Waals surface area (Å²) >= 11 is 8.83. The third-order valence-electron chi connectivity index (χ3n) is 3.19. The number of H-pyrrole nitrogens is 1. The first kappa shape index (κ1) is 13.7. The van der Waals surface area contributed by atoms with Crippen molar-refractivity contribution < 1.29 is 0 Å². The van der Waals surface area contributed by atoms with Crippen LogP contribution in [0.25, 0.3) is 11.2 Å². The van der Waals surface area contributed by atoms with Gasteiger partial charge in [-0.3, -0.25) is 4.57 Å². The minimum absolute atomic E-state index is 0.395. The largest absolute Gasteiger partial charge is 0.329 e. The second kappa shape index (κ2) is 5.97. The van der Waals surface area contributed by atoms with Crippen molar-refractivity contribution in [3.05, 3.63) is 21.5 Å². The highest BCUT2D eigenvalue weighted by Gasteiger charge is 2.12. The molecular formula is C13H18BrN3S. The van der Waals surface area contributed by atoms with Gasteiger partial charge in [-0.15, -0.1) is 0 Å². The van der Waals surface area contributed by atoms with Gasteiger partial charge < -0.3 is 4.98 Å². The molecule has 0 fully saturated rings. The quantitative estimate of drug-likeness (QED) is 0.619.